The first-order valence-corrected chi connectivity index (χ1v) is 6.91. The van der Waals surface area contributed by atoms with E-state index in [-0.39, 0.29) is 5.75 Å². The minimum atomic E-state index is -0.742. The summed E-state index contributed by atoms with van der Waals surface area (Å²) in [6, 6.07) is 6.89. The Labute approximate surface area is 102 Å². The fraction of sp³-hybridized carbons (Fsp3) is 0.250. The summed E-state index contributed by atoms with van der Waals surface area (Å²) < 4.78 is 11.4. The maximum absolute atomic E-state index is 9.30. The second-order valence-corrected chi connectivity index (χ2v) is 4.61. The molecule has 0 saturated heterocycles. The molecule has 0 saturated carbocycles. The van der Waals surface area contributed by atoms with Crippen LogP contribution in [0.25, 0.3) is 0 Å². The normalized spacial score (nSPS) is 10.2. The van der Waals surface area contributed by atoms with Crippen LogP contribution < -0.4 is 25.1 Å². The van der Waals surface area contributed by atoms with Crippen molar-refractivity contribution >= 4 is 22.6 Å². The van der Waals surface area contributed by atoms with Gasteiger partial charge >= 0.3 is 103 Å². The van der Waals surface area contributed by atoms with Gasteiger partial charge in [0.15, 0.2) is 0 Å². The first-order chi connectivity index (χ1) is 6.34. The molecule has 0 atom stereocenters. The van der Waals surface area contributed by atoms with Crippen molar-refractivity contribution in [3.63, 3.8) is 0 Å². The van der Waals surface area contributed by atoms with Gasteiger partial charge in [-0.2, -0.15) is 0 Å². The molecule has 0 bridgehead atoms. The van der Waals surface area contributed by atoms with Crippen LogP contribution in [0.5, 0.6) is 11.5 Å². The monoisotopic (exact) mass is 407 g/mol. The fourth-order valence-electron chi connectivity index (χ4n) is 0.639. The molecular formula is C8H9I2O3-. The van der Waals surface area contributed by atoms with E-state index in [9.17, 15) is 5.11 Å². The van der Waals surface area contributed by atoms with E-state index >= 15 is 0 Å². The second-order valence-electron chi connectivity index (χ2n) is 2.11. The zero-order valence-electron chi connectivity index (χ0n) is 6.74. The van der Waals surface area contributed by atoms with Gasteiger partial charge in [-0.05, 0) is 0 Å². The number of hydrogen-bond acceptors (Lipinski definition) is 3. The Kier molecular flexibility index (Phi) is 5.80. The standard InChI is InChI=1S/C8H9I2O3/c9-5-6-12-10-13-8-4-2-1-3-7(8)11/h1-4,11H,5-6H2/q-1. The number of alkyl halides is 1. The van der Waals surface area contributed by atoms with E-state index in [4.69, 9.17) is 6.13 Å². The molecule has 0 spiro atoms. The zero-order chi connectivity index (χ0) is 9.52. The molecule has 3 nitrogen and oxygen atoms in total. The van der Waals surface area contributed by atoms with Gasteiger partial charge in [0, 0.05) is 0 Å². The van der Waals surface area contributed by atoms with Gasteiger partial charge < -0.3 is 0 Å². The molecule has 13 heavy (non-hydrogen) atoms. The summed E-state index contributed by atoms with van der Waals surface area (Å²) in [6.45, 7) is 0.710. The maximum atomic E-state index is 9.30. The molecule has 0 fully saturated rings. The number of benzene rings is 1. The van der Waals surface area contributed by atoms with E-state index in [1.807, 2.05) is 6.07 Å². The molecule has 0 aliphatic heterocycles. The average Bonchev–Trinajstić information content (AvgIpc) is 2.15. The quantitative estimate of drug-likeness (QED) is 0.393. The van der Waals surface area contributed by atoms with Crippen molar-refractivity contribution in [2.45, 2.75) is 0 Å². The average molecular weight is 407 g/mol. The van der Waals surface area contributed by atoms with Crippen LogP contribution >= 0.6 is 22.6 Å². The zero-order valence-corrected chi connectivity index (χ0v) is 11.1. The van der Waals surface area contributed by atoms with Crippen LogP contribution in [0.1, 0.15) is 0 Å². The summed E-state index contributed by atoms with van der Waals surface area (Å²) in [5.41, 5.74) is 0. The van der Waals surface area contributed by atoms with Crippen LogP contribution in [0.4, 0.5) is 0 Å². The summed E-state index contributed by atoms with van der Waals surface area (Å²) in [5, 5.41) is 9.30. The third kappa shape index (κ3) is 4.32. The summed E-state index contributed by atoms with van der Waals surface area (Å²) in [6.07, 6.45) is 0. The van der Waals surface area contributed by atoms with Crippen molar-refractivity contribution in [2.24, 2.45) is 0 Å². The molecule has 1 rings (SSSR count). The van der Waals surface area contributed by atoms with Crippen LogP contribution in [0, 0.1) is 0 Å². The van der Waals surface area contributed by atoms with E-state index in [0.717, 1.165) is 4.43 Å². The van der Waals surface area contributed by atoms with Gasteiger partial charge in [0.25, 0.3) is 0 Å². The summed E-state index contributed by atoms with van der Waals surface area (Å²) in [4.78, 5) is 0. The Balaban J connectivity index is 2.32. The number of rotatable bonds is 5. The third-order valence-electron chi connectivity index (χ3n) is 1.18. The number of phenols is 1. The van der Waals surface area contributed by atoms with Crippen molar-refractivity contribution in [1.29, 1.82) is 0 Å². The topological polar surface area (TPSA) is 38.7 Å². The Morgan fingerprint density at radius 2 is 2.15 bits per heavy atom. The number of phenolic OH excluding ortho intramolecular Hbond substituents is 1. The van der Waals surface area contributed by atoms with Gasteiger partial charge in [0.2, 0.25) is 0 Å². The first kappa shape index (κ1) is 11.3. The van der Waals surface area contributed by atoms with Crippen LogP contribution in [0.2, 0.25) is 0 Å². The summed E-state index contributed by atoms with van der Waals surface area (Å²) >= 11 is 1.49. The molecule has 1 N–H and O–H groups in total. The van der Waals surface area contributed by atoms with Crippen molar-refractivity contribution in [2.75, 3.05) is 11.0 Å². The van der Waals surface area contributed by atoms with Gasteiger partial charge in [0.1, 0.15) is 0 Å². The molecule has 0 aliphatic rings. The summed E-state index contributed by atoms with van der Waals surface area (Å²) in [7, 11) is 0. The number of aromatic hydroxyl groups is 1. The van der Waals surface area contributed by atoms with E-state index in [1.165, 1.54) is 0 Å². The molecule has 1 aromatic rings. The van der Waals surface area contributed by atoms with E-state index in [1.54, 1.807) is 18.2 Å². The van der Waals surface area contributed by atoms with Gasteiger partial charge in [0.05, 0.1) is 0 Å². The van der Waals surface area contributed by atoms with E-state index < -0.39 is 22.0 Å². The van der Waals surface area contributed by atoms with Crippen LogP contribution in [-0.2, 0) is 3.07 Å². The van der Waals surface area contributed by atoms with Crippen LogP contribution in [0.15, 0.2) is 24.3 Å². The molecule has 0 aliphatic carbocycles. The Hall–Kier alpha value is 0.240. The van der Waals surface area contributed by atoms with Crippen LogP contribution in [-0.4, -0.2) is 16.1 Å². The molecule has 0 unspecified atom stereocenters. The Morgan fingerprint density at radius 3 is 2.85 bits per heavy atom. The molecule has 0 heterocycles. The van der Waals surface area contributed by atoms with Crippen molar-refractivity contribution in [1.82, 2.24) is 0 Å². The second kappa shape index (κ2) is 6.66. The molecule has 5 heteroatoms. The predicted octanol–water partition coefficient (Wildman–Crippen LogP) is -0.858. The van der Waals surface area contributed by atoms with Gasteiger partial charge in [-0.3, -0.25) is 0 Å². The van der Waals surface area contributed by atoms with E-state index in [2.05, 4.69) is 22.6 Å². The van der Waals surface area contributed by atoms with Crippen LogP contribution in [0.3, 0.4) is 0 Å². The first-order valence-electron chi connectivity index (χ1n) is 3.62. The SMILES string of the molecule is Oc1ccccc1O[I-]OCCI. The number of hydrogen-bond donors (Lipinski definition) is 1. The minimum absolute atomic E-state index is 0.167. The molecule has 1 aromatic carbocycles. The summed E-state index contributed by atoms with van der Waals surface area (Å²) in [5.74, 6) is 0.670. The predicted molar refractivity (Wildman–Crippen MR) is 53.6 cm³/mol. The number of halogens is 2. The van der Waals surface area contributed by atoms with Gasteiger partial charge in [-0.1, -0.05) is 0 Å². The molecule has 0 aromatic heterocycles. The molecule has 0 radical (unpaired) electrons. The van der Waals surface area contributed by atoms with Crippen molar-refractivity contribution in [3.05, 3.63) is 24.3 Å². The third-order valence-corrected chi connectivity index (χ3v) is 2.97. The fourth-order valence-corrected chi connectivity index (χ4v) is 2.80. The Bertz CT molecular complexity index is 255. The number of para-hydroxylation sites is 2. The van der Waals surface area contributed by atoms with E-state index in [0.29, 0.717) is 12.4 Å². The van der Waals surface area contributed by atoms with Gasteiger partial charge in [-0.25, -0.2) is 0 Å². The van der Waals surface area contributed by atoms with Crippen molar-refractivity contribution in [3.8, 4) is 11.5 Å². The van der Waals surface area contributed by atoms with Gasteiger partial charge in [-0.15, -0.1) is 0 Å². The molecule has 0 amide bonds. The molecule has 74 valence electrons. The Morgan fingerprint density at radius 1 is 1.38 bits per heavy atom. The molecular weight excluding hydrogens is 398 g/mol. The van der Waals surface area contributed by atoms with Crippen molar-refractivity contribution < 1.29 is 33.3 Å².